The summed E-state index contributed by atoms with van der Waals surface area (Å²) >= 11 is 0. The second kappa shape index (κ2) is 2.55. The van der Waals surface area contributed by atoms with Crippen molar-refractivity contribution in [1.29, 1.82) is 0 Å². The monoisotopic (exact) mass is 113 g/mol. The predicted molar refractivity (Wildman–Crippen MR) is 29.1 cm³/mol. The maximum atomic E-state index is 3.32. The molecule has 0 aliphatic carbocycles. The third-order valence-electron chi connectivity index (χ3n) is 0.765. The topological polar surface area (TPSA) is 12.0 Å². The summed E-state index contributed by atoms with van der Waals surface area (Å²) < 4.78 is 0. The van der Waals surface area contributed by atoms with Crippen molar-refractivity contribution in [1.82, 2.24) is 4.98 Å². The fourth-order valence-corrected chi connectivity index (χ4v) is 3.01. The Morgan fingerprint density at radius 1 is 1.50 bits per heavy atom. The summed E-state index contributed by atoms with van der Waals surface area (Å²) in [4.78, 5) is 3.32. The Kier molecular flexibility index (Phi) is 1.93. The summed E-state index contributed by atoms with van der Waals surface area (Å²) in [5.74, 6) is 0. The van der Waals surface area contributed by atoms with Gasteiger partial charge in [0.05, 0.1) is 0 Å². The Balaban J connectivity index is 2.00. The van der Waals surface area contributed by atoms with Crippen LogP contribution in [0.2, 0.25) is 11.7 Å². The number of hydrogen-bond donors (Lipinski definition) is 1. The largest absolute Gasteiger partial charge is 0.340 e. The van der Waals surface area contributed by atoms with Crippen molar-refractivity contribution in [2.24, 2.45) is 0 Å². The maximum absolute atomic E-state index is 3.32. The average molecular weight is 113 g/mol. The normalized spacial score (nSPS) is 24.0. The first-order valence-electron chi connectivity index (χ1n) is 2.16. The van der Waals surface area contributed by atoms with Crippen LogP contribution in [0.1, 0.15) is 0 Å². The SMILES string of the molecule is C1C[Si]C[Si]N1. The highest BCUT2D eigenvalue weighted by Gasteiger charge is 1.96. The lowest BCUT2D eigenvalue weighted by atomic mass is 10.8. The van der Waals surface area contributed by atoms with Gasteiger partial charge in [0.15, 0.2) is 0 Å². The quantitative estimate of drug-likeness (QED) is 0.426. The van der Waals surface area contributed by atoms with Gasteiger partial charge in [0.25, 0.3) is 0 Å². The van der Waals surface area contributed by atoms with E-state index in [1.165, 1.54) is 27.8 Å². The molecule has 1 fully saturated rings. The summed E-state index contributed by atoms with van der Waals surface area (Å²) in [6.07, 6.45) is 0. The minimum Gasteiger partial charge on any atom is -0.340 e. The fraction of sp³-hybridized carbons (Fsp3) is 1.00. The van der Waals surface area contributed by atoms with Crippen molar-refractivity contribution < 1.29 is 0 Å². The van der Waals surface area contributed by atoms with Gasteiger partial charge in [-0.3, -0.25) is 0 Å². The van der Waals surface area contributed by atoms with E-state index in [9.17, 15) is 0 Å². The van der Waals surface area contributed by atoms with E-state index in [1.54, 1.807) is 0 Å². The Hall–Kier alpha value is 0.394. The van der Waals surface area contributed by atoms with Crippen LogP contribution in [-0.4, -0.2) is 25.7 Å². The van der Waals surface area contributed by atoms with Crippen LogP contribution in [0.4, 0.5) is 0 Å². The van der Waals surface area contributed by atoms with Gasteiger partial charge in [-0.05, 0) is 12.6 Å². The van der Waals surface area contributed by atoms with Crippen molar-refractivity contribution in [3.63, 3.8) is 0 Å². The van der Waals surface area contributed by atoms with Crippen molar-refractivity contribution in [2.45, 2.75) is 11.7 Å². The molecule has 1 aliphatic rings. The molecule has 0 aromatic rings. The van der Waals surface area contributed by atoms with E-state index < -0.39 is 0 Å². The zero-order valence-corrected chi connectivity index (χ0v) is 5.62. The van der Waals surface area contributed by atoms with Gasteiger partial charge in [0, 0.05) is 9.52 Å². The minimum absolute atomic E-state index is 1.06. The van der Waals surface area contributed by atoms with Crippen LogP contribution in [0.15, 0.2) is 0 Å². The van der Waals surface area contributed by atoms with Gasteiger partial charge in [-0.25, -0.2) is 0 Å². The lowest BCUT2D eigenvalue weighted by molar-refractivity contribution is 0.977. The summed E-state index contributed by atoms with van der Waals surface area (Å²) in [6.45, 7) is 1.27. The third kappa shape index (κ3) is 1.24. The van der Waals surface area contributed by atoms with Crippen molar-refractivity contribution in [2.75, 3.05) is 6.54 Å². The van der Waals surface area contributed by atoms with Crippen LogP contribution in [-0.2, 0) is 0 Å². The van der Waals surface area contributed by atoms with E-state index in [0.29, 0.717) is 0 Å². The van der Waals surface area contributed by atoms with Gasteiger partial charge < -0.3 is 4.98 Å². The Morgan fingerprint density at radius 2 is 2.50 bits per heavy atom. The number of nitrogens with one attached hydrogen (secondary N) is 1. The number of rotatable bonds is 0. The Bertz CT molecular complexity index is 24.3. The molecule has 6 heavy (non-hydrogen) atoms. The molecule has 0 saturated carbocycles. The molecule has 0 unspecified atom stereocenters. The van der Waals surface area contributed by atoms with Gasteiger partial charge in [-0.15, -0.1) is 0 Å². The maximum Gasteiger partial charge on any atom is 0.135 e. The van der Waals surface area contributed by atoms with Crippen LogP contribution in [0.25, 0.3) is 0 Å². The molecular weight excluding hydrogens is 106 g/mol. The van der Waals surface area contributed by atoms with Crippen LogP contribution < -0.4 is 4.98 Å². The Labute approximate surface area is 43.2 Å². The highest BCUT2D eigenvalue weighted by molar-refractivity contribution is 6.55. The highest BCUT2D eigenvalue weighted by atomic mass is 28.3. The van der Waals surface area contributed by atoms with Crippen molar-refractivity contribution in [3.05, 3.63) is 0 Å². The Morgan fingerprint density at radius 3 is 2.67 bits per heavy atom. The van der Waals surface area contributed by atoms with Gasteiger partial charge in [0.2, 0.25) is 0 Å². The molecule has 3 heteroatoms. The summed E-state index contributed by atoms with van der Waals surface area (Å²) in [5.41, 5.74) is 1.44. The van der Waals surface area contributed by atoms with E-state index >= 15 is 0 Å². The van der Waals surface area contributed by atoms with Crippen LogP contribution in [0.5, 0.6) is 0 Å². The molecule has 0 aromatic carbocycles. The van der Waals surface area contributed by atoms with Crippen LogP contribution in [0.3, 0.4) is 0 Å². The molecule has 1 heterocycles. The molecule has 1 saturated heterocycles. The van der Waals surface area contributed by atoms with Gasteiger partial charge in [0.1, 0.15) is 9.68 Å². The summed E-state index contributed by atoms with van der Waals surface area (Å²) in [6, 6.07) is 1.42. The second-order valence-corrected chi connectivity index (χ2v) is 4.40. The molecule has 4 radical (unpaired) electrons. The number of hydrogen-bond acceptors (Lipinski definition) is 1. The molecule has 1 rings (SSSR count). The molecule has 0 bridgehead atoms. The molecule has 1 N–H and O–H groups in total. The van der Waals surface area contributed by atoms with Crippen LogP contribution >= 0.6 is 0 Å². The van der Waals surface area contributed by atoms with Gasteiger partial charge >= 0.3 is 0 Å². The van der Waals surface area contributed by atoms with Crippen molar-refractivity contribution in [3.8, 4) is 0 Å². The molecule has 32 valence electrons. The lowest BCUT2D eigenvalue weighted by Gasteiger charge is -2.06. The zero-order chi connectivity index (χ0) is 4.24. The standard InChI is InChI=1S/C3H7NSi2/c1-2-5-3-6-4-1/h4H,1-3H2. The minimum atomic E-state index is 1.06. The second-order valence-electron chi connectivity index (χ2n) is 1.28. The smallest absolute Gasteiger partial charge is 0.135 e. The average Bonchev–Trinajstić information content (AvgIpc) is 1.72. The molecule has 0 spiro atoms. The van der Waals surface area contributed by atoms with Crippen molar-refractivity contribution >= 4 is 19.2 Å². The third-order valence-corrected chi connectivity index (χ3v) is 3.58. The molecule has 0 amide bonds. The molecule has 0 atom stereocenters. The molecule has 1 aliphatic heterocycles. The van der Waals surface area contributed by atoms with Gasteiger partial charge in [-0.2, -0.15) is 0 Å². The van der Waals surface area contributed by atoms with E-state index in [1.807, 2.05) is 0 Å². The summed E-state index contributed by atoms with van der Waals surface area (Å²) in [5, 5.41) is 0. The first-order valence-corrected chi connectivity index (χ1v) is 4.79. The van der Waals surface area contributed by atoms with Crippen LogP contribution in [0, 0.1) is 0 Å². The fourth-order valence-electron chi connectivity index (χ4n) is 0.453. The van der Waals surface area contributed by atoms with E-state index in [2.05, 4.69) is 4.98 Å². The zero-order valence-electron chi connectivity index (χ0n) is 3.62. The first-order chi connectivity index (χ1) is 3.00. The molecular formula is C3H7NSi2. The molecule has 0 aromatic heterocycles. The van der Waals surface area contributed by atoms with E-state index in [-0.39, 0.29) is 0 Å². The first kappa shape index (κ1) is 4.55. The van der Waals surface area contributed by atoms with Gasteiger partial charge in [-0.1, -0.05) is 5.67 Å². The molecule has 1 nitrogen and oxygen atoms in total. The summed E-state index contributed by atoms with van der Waals surface area (Å²) in [7, 11) is 2.32. The van der Waals surface area contributed by atoms with E-state index in [4.69, 9.17) is 0 Å². The van der Waals surface area contributed by atoms with E-state index in [0.717, 1.165) is 9.68 Å². The predicted octanol–water partition coefficient (Wildman–Crippen LogP) is -0.293. The highest BCUT2D eigenvalue weighted by Crippen LogP contribution is 1.85. The lowest BCUT2D eigenvalue weighted by Crippen LogP contribution is -2.27.